The molecular weight excluding hydrogens is 314 g/mol. The third-order valence-corrected chi connectivity index (χ3v) is 4.46. The Morgan fingerprint density at radius 3 is 2.64 bits per heavy atom. The zero-order chi connectivity index (χ0) is 17.6. The van der Waals surface area contributed by atoms with Crippen molar-refractivity contribution in [3.05, 3.63) is 47.7 Å². The van der Waals surface area contributed by atoms with Crippen molar-refractivity contribution in [1.82, 2.24) is 14.9 Å². The molecule has 1 saturated heterocycles. The van der Waals surface area contributed by atoms with Crippen molar-refractivity contribution >= 4 is 11.8 Å². The van der Waals surface area contributed by atoms with Crippen LogP contribution in [0.5, 0.6) is 0 Å². The number of likely N-dealkylation sites (N-methyl/N-ethyl adjacent to an activating group) is 1. The number of anilines is 2. The Morgan fingerprint density at radius 2 is 1.96 bits per heavy atom. The van der Waals surface area contributed by atoms with E-state index in [1.165, 1.54) is 5.56 Å². The second-order valence-corrected chi connectivity index (χ2v) is 6.78. The molecule has 0 amide bonds. The number of nitrogens with two attached hydrogens (primary N) is 1. The van der Waals surface area contributed by atoms with E-state index in [2.05, 4.69) is 64.2 Å². The van der Waals surface area contributed by atoms with Gasteiger partial charge in [-0.15, -0.1) is 0 Å². The van der Waals surface area contributed by atoms with Gasteiger partial charge in [0.05, 0.1) is 12.3 Å². The second kappa shape index (κ2) is 8.27. The summed E-state index contributed by atoms with van der Waals surface area (Å²) in [6.07, 6.45) is 0.992. The average molecular weight is 341 g/mol. The molecule has 1 aliphatic heterocycles. The fourth-order valence-corrected chi connectivity index (χ4v) is 3.01. The van der Waals surface area contributed by atoms with Crippen molar-refractivity contribution in [2.45, 2.75) is 18.9 Å². The molecule has 1 aromatic carbocycles. The number of nitrogen functional groups attached to an aromatic ring is 1. The van der Waals surface area contributed by atoms with Crippen LogP contribution in [0.1, 0.15) is 23.6 Å². The van der Waals surface area contributed by atoms with E-state index < -0.39 is 0 Å². The van der Waals surface area contributed by atoms with Crippen molar-refractivity contribution in [1.29, 1.82) is 0 Å². The van der Waals surface area contributed by atoms with Gasteiger partial charge in [0.25, 0.3) is 0 Å². The lowest BCUT2D eigenvalue weighted by molar-refractivity contribution is 0.193. The molecule has 0 saturated carbocycles. The first-order chi connectivity index (χ1) is 12.1. The monoisotopic (exact) mass is 341 g/mol. The van der Waals surface area contributed by atoms with Crippen LogP contribution in [-0.4, -0.2) is 55.3 Å². The fourth-order valence-electron chi connectivity index (χ4n) is 3.01. The fraction of sp³-hybridized carbons (Fsp3) is 0.474. The van der Waals surface area contributed by atoms with Crippen molar-refractivity contribution in [2.24, 2.45) is 0 Å². The van der Waals surface area contributed by atoms with Crippen LogP contribution in [0.4, 0.5) is 11.8 Å². The van der Waals surface area contributed by atoms with E-state index >= 15 is 0 Å². The highest BCUT2D eigenvalue weighted by molar-refractivity contribution is 5.45. The number of nitrogens with zero attached hydrogens (tertiary/aromatic N) is 4. The Morgan fingerprint density at radius 1 is 1.16 bits per heavy atom. The quantitative estimate of drug-likeness (QED) is 0.832. The standard InChI is InChI=1S/C19H27N5O/c1-23(2)9-10-24(13-15-6-4-3-5-7-15)18-12-17(21-19(20)22-18)16-8-11-25-14-16/h3-7,12,16H,8-11,13-14H2,1-2H3,(H2,20,21,22)/t16-/m1/s1. The molecule has 0 bridgehead atoms. The zero-order valence-corrected chi connectivity index (χ0v) is 15.1. The number of rotatable bonds is 7. The third-order valence-electron chi connectivity index (χ3n) is 4.46. The van der Waals surface area contributed by atoms with Gasteiger partial charge < -0.3 is 20.3 Å². The molecule has 1 fully saturated rings. The van der Waals surface area contributed by atoms with Crippen LogP contribution < -0.4 is 10.6 Å². The summed E-state index contributed by atoms with van der Waals surface area (Å²) in [5.74, 6) is 1.54. The molecular formula is C19H27N5O. The predicted molar refractivity (Wildman–Crippen MR) is 101 cm³/mol. The minimum Gasteiger partial charge on any atom is -0.381 e. The molecule has 2 aromatic rings. The maximum absolute atomic E-state index is 6.01. The summed E-state index contributed by atoms with van der Waals surface area (Å²) in [5, 5.41) is 0. The molecule has 1 aliphatic rings. The normalized spacial score (nSPS) is 17.2. The molecule has 2 heterocycles. The first kappa shape index (κ1) is 17.6. The van der Waals surface area contributed by atoms with Crippen LogP contribution in [-0.2, 0) is 11.3 Å². The average Bonchev–Trinajstić information content (AvgIpc) is 3.13. The van der Waals surface area contributed by atoms with Crippen molar-refractivity contribution in [2.75, 3.05) is 51.0 Å². The minimum atomic E-state index is 0.316. The number of hydrogen-bond acceptors (Lipinski definition) is 6. The van der Waals surface area contributed by atoms with Crippen LogP contribution in [0.3, 0.4) is 0 Å². The summed E-state index contributed by atoms with van der Waals surface area (Å²) in [7, 11) is 4.16. The predicted octanol–water partition coefficient (Wildman–Crippen LogP) is 2.13. The van der Waals surface area contributed by atoms with Crippen LogP contribution >= 0.6 is 0 Å². The lowest BCUT2D eigenvalue weighted by atomic mass is 10.0. The molecule has 0 aliphatic carbocycles. The van der Waals surface area contributed by atoms with Gasteiger partial charge in [0, 0.05) is 38.2 Å². The molecule has 25 heavy (non-hydrogen) atoms. The summed E-state index contributed by atoms with van der Waals surface area (Å²) in [4.78, 5) is 13.4. The van der Waals surface area contributed by atoms with Crippen LogP contribution in [0.25, 0.3) is 0 Å². The minimum absolute atomic E-state index is 0.316. The summed E-state index contributed by atoms with van der Waals surface area (Å²) < 4.78 is 5.50. The van der Waals surface area contributed by atoms with Gasteiger partial charge in [-0.3, -0.25) is 0 Å². The second-order valence-electron chi connectivity index (χ2n) is 6.78. The molecule has 1 aromatic heterocycles. The Balaban J connectivity index is 1.85. The zero-order valence-electron chi connectivity index (χ0n) is 15.1. The number of benzene rings is 1. The summed E-state index contributed by atoms with van der Waals surface area (Å²) >= 11 is 0. The number of hydrogen-bond donors (Lipinski definition) is 1. The summed E-state index contributed by atoms with van der Waals surface area (Å²) in [6.45, 7) is 4.12. The lowest BCUT2D eigenvalue weighted by Gasteiger charge is -2.26. The Kier molecular flexibility index (Phi) is 5.83. The molecule has 6 nitrogen and oxygen atoms in total. The molecule has 134 valence electrons. The molecule has 1 atom stereocenters. The Bertz CT molecular complexity index is 671. The maximum atomic E-state index is 6.01. The van der Waals surface area contributed by atoms with E-state index in [0.717, 1.165) is 44.2 Å². The van der Waals surface area contributed by atoms with Gasteiger partial charge in [0.1, 0.15) is 5.82 Å². The van der Waals surface area contributed by atoms with Crippen LogP contribution in [0.2, 0.25) is 0 Å². The number of aromatic nitrogens is 2. The molecule has 0 radical (unpaired) electrons. The number of ether oxygens (including phenoxy) is 1. The molecule has 2 N–H and O–H groups in total. The van der Waals surface area contributed by atoms with Crippen molar-refractivity contribution < 1.29 is 4.74 Å². The molecule has 6 heteroatoms. The first-order valence-electron chi connectivity index (χ1n) is 8.77. The van der Waals surface area contributed by atoms with E-state index in [1.807, 2.05) is 6.07 Å². The molecule has 3 rings (SSSR count). The van der Waals surface area contributed by atoms with Gasteiger partial charge in [0.15, 0.2) is 0 Å². The van der Waals surface area contributed by atoms with Gasteiger partial charge in [-0.1, -0.05) is 30.3 Å². The van der Waals surface area contributed by atoms with E-state index in [-0.39, 0.29) is 0 Å². The largest absolute Gasteiger partial charge is 0.381 e. The smallest absolute Gasteiger partial charge is 0.222 e. The van der Waals surface area contributed by atoms with E-state index in [1.54, 1.807) is 0 Å². The van der Waals surface area contributed by atoms with Crippen LogP contribution in [0.15, 0.2) is 36.4 Å². The van der Waals surface area contributed by atoms with E-state index in [0.29, 0.717) is 18.5 Å². The summed E-state index contributed by atoms with van der Waals surface area (Å²) in [6, 6.07) is 12.5. The highest BCUT2D eigenvalue weighted by atomic mass is 16.5. The lowest BCUT2D eigenvalue weighted by Crippen LogP contribution is -2.32. The molecule has 0 unspecified atom stereocenters. The molecule has 0 spiro atoms. The van der Waals surface area contributed by atoms with Gasteiger partial charge >= 0.3 is 0 Å². The topological polar surface area (TPSA) is 67.5 Å². The van der Waals surface area contributed by atoms with Crippen molar-refractivity contribution in [3.63, 3.8) is 0 Å². The maximum Gasteiger partial charge on any atom is 0.222 e. The van der Waals surface area contributed by atoms with Gasteiger partial charge in [-0.25, -0.2) is 4.98 Å². The highest BCUT2D eigenvalue weighted by Crippen LogP contribution is 2.27. The summed E-state index contributed by atoms with van der Waals surface area (Å²) in [5.41, 5.74) is 8.26. The SMILES string of the molecule is CN(C)CCN(Cc1ccccc1)c1cc([C@@H]2CCOC2)nc(N)n1. The van der Waals surface area contributed by atoms with E-state index in [4.69, 9.17) is 10.5 Å². The Hall–Kier alpha value is -2.18. The van der Waals surface area contributed by atoms with Crippen LogP contribution in [0, 0.1) is 0 Å². The highest BCUT2D eigenvalue weighted by Gasteiger charge is 2.21. The third kappa shape index (κ3) is 4.90. The first-order valence-corrected chi connectivity index (χ1v) is 8.77. The van der Waals surface area contributed by atoms with E-state index in [9.17, 15) is 0 Å². The van der Waals surface area contributed by atoms with Gasteiger partial charge in [0.2, 0.25) is 5.95 Å². The van der Waals surface area contributed by atoms with Gasteiger partial charge in [-0.2, -0.15) is 4.98 Å². The van der Waals surface area contributed by atoms with Gasteiger partial charge in [-0.05, 0) is 26.1 Å². The van der Waals surface area contributed by atoms with Crippen molar-refractivity contribution in [3.8, 4) is 0 Å². The Labute approximate surface area is 149 Å².